The van der Waals surface area contributed by atoms with E-state index >= 15 is 0 Å². The first-order chi connectivity index (χ1) is 14.2. The maximum atomic E-state index is 5.92. The molecule has 0 saturated carbocycles. The monoisotopic (exact) mass is 383 g/mol. The summed E-state index contributed by atoms with van der Waals surface area (Å²) in [4.78, 5) is 17.6. The van der Waals surface area contributed by atoms with Gasteiger partial charge in [-0.1, -0.05) is 54.6 Å². The van der Waals surface area contributed by atoms with Gasteiger partial charge in [0.05, 0.1) is 0 Å². The molecule has 6 nitrogen and oxygen atoms in total. The van der Waals surface area contributed by atoms with E-state index < -0.39 is 0 Å². The number of aromatic nitrogens is 3. The third kappa shape index (κ3) is 4.32. The van der Waals surface area contributed by atoms with Gasteiger partial charge < -0.3 is 14.5 Å². The number of benzene rings is 3. The third-order valence-electron chi connectivity index (χ3n) is 4.43. The highest BCUT2D eigenvalue weighted by Crippen LogP contribution is 2.28. The van der Waals surface area contributed by atoms with E-state index in [9.17, 15) is 0 Å². The maximum Gasteiger partial charge on any atom is 0.328 e. The second-order valence-corrected chi connectivity index (χ2v) is 6.42. The number of para-hydroxylation sites is 3. The fourth-order valence-electron chi connectivity index (χ4n) is 2.81. The van der Waals surface area contributed by atoms with Crippen molar-refractivity contribution in [2.24, 2.45) is 0 Å². The van der Waals surface area contributed by atoms with Crippen LogP contribution in [0.1, 0.15) is 0 Å². The van der Waals surface area contributed by atoms with Crippen LogP contribution in [-0.4, -0.2) is 29.0 Å². The second-order valence-electron chi connectivity index (χ2n) is 6.42. The van der Waals surface area contributed by atoms with Gasteiger partial charge in [0.2, 0.25) is 11.9 Å². The smallest absolute Gasteiger partial charge is 0.328 e. The molecule has 0 fully saturated rings. The average Bonchev–Trinajstić information content (AvgIpc) is 2.79. The molecule has 6 heteroatoms. The highest BCUT2D eigenvalue weighted by Gasteiger charge is 2.16. The molecular weight excluding hydrogens is 362 g/mol. The lowest BCUT2D eigenvalue weighted by Gasteiger charge is -2.21. The predicted molar refractivity (Wildman–Crippen MR) is 115 cm³/mol. The normalized spacial score (nSPS) is 10.4. The molecule has 1 heterocycles. The van der Waals surface area contributed by atoms with Crippen LogP contribution in [0, 0.1) is 0 Å². The Morgan fingerprint density at radius 3 is 1.41 bits per heavy atom. The van der Waals surface area contributed by atoms with E-state index in [0.29, 0.717) is 17.6 Å². The van der Waals surface area contributed by atoms with Gasteiger partial charge in [0.15, 0.2) is 0 Å². The van der Waals surface area contributed by atoms with Crippen molar-refractivity contribution in [1.29, 1.82) is 0 Å². The van der Waals surface area contributed by atoms with E-state index in [4.69, 9.17) is 4.74 Å². The van der Waals surface area contributed by atoms with Crippen molar-refractivity contribution < 1.29 is 4.74 Å². The van der Waals surface area contributed by atoms with Crippen LogP contribution in [0.2, 0.25) is 0 Å². The van der Waals surface area contributed by atoms with E-state index in [-0.39, 0.29) is 6.01 Å². The minimum Gasteiger partial charge on any atom is -0.424 e. The van der Waals surface area contributed by atoms with Gasteiger partial charge >= 0.3 is 6.01 Å². The molecule has 0 saturated heterocycles. The standard InChI is InChI=1S/C23H21N5O/c1-27(18-12-6-3-7-13-18)21-24-22(28(2)19-14-8-4-9-15-19)26-23(25-21)29-20-16-10-5-11-17-20/h3-17H,1-2H3. The molecule has 1 aromatic heterocycles. The molecule has 0 amide bonds. The van der Waals surface area contributed by atoms with Crippen LogP contribution in [0.25, 0.3) is 0 Å². The lowest BCUT2D eigenvalue weighted by atomic mass is 10.3. The minimum atomic E-state index is 0.238. The molecule has 0 aliphatic carbocycles. The summed E-state index contributed by atoms with van der Waals surface area (Å²) < 4.78 is 5.92. The highest BCUT2D eigenvalue weighted by molar-refractivity contribution is 5.60. The summed E-state index contributed by atoms with van der Waals surface area (Å²) in [6.07, 6.45) is 0. The van der Waals surface area contributed by atoms with E-state index in [1.807, 2.05) is 115 Å². The van der Waals surface area contributed by atoms with Crippen molar-refractivity contribution in [3.63, 3.8) is 0 Å². The molecule has 29 heavy (non-hydrogen) atoms. The highest BCUT2D eigenvalue weighted by atomic mass is 16.5. The Morgan fingerprint density at radius 1 is 0.552 bits per heavy atom. The first-order valence-corrected chi connectivity index (χ1v) is 9.27. The molecule has 0 aliphatic heterocycles. The lowest BCUT2D eigenvalue weighted by Crippen LogP contribution is -2.19. The largest absolute Gasteiger partial charge is 0.424 e. The molecule has 0 bridgehead atoms. The van der Waals surface area contributed by atoms with Crippen molar-refractivity contribution in [3.8, 4) is 11.8 Å². The first-order valence-electron chi connectivity index (χ1n) is 9.27. The van der Waals surface area contributed by atoms with Gasteiger partial charge in [-0.15, -0.1) is 0 Å². The summed E-state index contributed by atoms with van der Waals surface area (Å²) in [5.74, 6) is 1.66. The number of hydrogen-bond donors (Lipinski definition) is 0. The average molecular weight is 383 g/mol. The summed E-state index contributed by atoms with van der Waals surface area (Å²) >= 11 is 0. The van der Waals surface area contributed by atoms with Gasteiger partial charge in [-0.05, 0) is 36.4 Å². The molecule has 4 rings (SSSR count). The molecule has 3 aromatic carbocycles. The number of rotatable bonds is 6. The van der Waals surface area contributed by atoms with Gasteiger partial charge in [-0.2, -0.15) is 15.0 Å². The van der Waals surface area contributed by atoms with E-state index in [2.05, 4.69) is 15.0 Å². The van der Waals surface area contributed by atoms with Crippen molar-refractivity contribution in [2.45, 2.75) is 0 Å². The van der Waals surface area contributed by atoms with Crippen LogP contribution in [-0.2, 0) is 0 Å². The van der Waals surface area contributed by atoms with E-state index in [1.165, 1.54) is 0 Å². The Labute approximate surface area is 170 Å². The zero-order chi connectivity index (χ0) is 20.1. The summed E-state index contributed by atoms with van der Waals surface area (Å²) in [5.41, 5.74) is 1.94. The maximum absolute atomic E-state index is 5.92. The lowest BCUT2D eigenvalue weighted by molar-refractivity contribution is 0.440. The zero-order valence-corrected chi connectivity index (χ0v) is 16.3. The second kappa shape index (κ2) is 8.39. The van der Waals surface area contributed by atoms with Gasteiger partial charge in [-0.25, -0.2) is 0 Å². The van der Waals surface area contributed by atoms with Crippen molar-refractivity contribution in [2.75, 3.05) is 23.9 Å². The predicted octanol–water partition coefficient (Wildman–Crippen LogP) is 5.20. The fraction of sp³-hybridized carbons (Fsp3) is 0.0870. The molecule has 144 valence electrons. The molecule has 4 aromatic rings. The molecule has 0 atom stereocenters. The van der Waals surface area contributed by atoms with E-state index in [0.717, 1.165) is 11.4 Å². The Balaban J connectivity index is 1.74. The Kier molecular flexibility index (Phi) is 5.33. The fourth-order valence-corrected chi connectivity index (χ4v) is 2.81. The van der Waals surface area contributed by atoms with Crippen molar-refractivity contribution in [3.05, 3.63) is 91.0 Å². The number of ether oxygens (including phenoxy) is 1. The third-order valence-corrected chi connectivity index (χ3v) is 4.43. The summed E-state index contributed by atoms with van der Waals surface area (Å²) in [5, 5.41) is 0. The van der Waals surface area contributed by atoms with Gasteiger partial charge in [-0.3, -0.25) is 0 Å². The SMILES string of the molecule is CN(c1ccccc1)c1nc(Oc2ccccc2)nc(N(C)c2ccccc2)n1. The van der Waals surface area contributed by atoms with Crippen molar-refractivity contribution in [1.82, 2.24) is 15.0 Å². The topological polar surface area (TPSA) is 54.4 Å². The summed E-state index contributed by atoms with van der Waals surface area (Å²) in [7, 11) is 3.84. The van der Waals surface area contributed by atoms with Crippen LogP contribution in [0.3, 0.4) is 0 Å². The van der Waals surface area contributed by atoms with Gasteiger partial charge in [0, 0.05) is 25.5 Å². The van der Waals surface area contributed by atoms with Crippen LogP contribution in [0.4, 0.5) is 23.3 Å². The zero-order valence-electron chi connectivity index (χ0n) is 16.3. The molecular formula is C23H21N5O. The van der Waals surface area contributed by atoms with E-state index in [1.54, 1.807) is 0 Å². The summed E-state index contributed by atoms with van der Waals surface area (Å²) in [6.45, 7) is 0. The Hall–Kier alpha value is -3.93. The summed E-state index contributed by atoms with van der Waals surface area (Å²) in [6, 6.07) is 29.6. The molecule has 0 N–H and O–H groups in total. The van der Waals surface area contributed by atoms with Crippen LogP contribution in [0.15, 0.2) is 91.0 Å². The van der Waals surface area contributed by atoms with Gasteiger partial charge in [0.1, 0.15) is 5.75 Å². The molecule has 0 aliphatic rings. The number of anilines is 4. The Morgan fingerprint density at radius 2 is 0.966 bits per heavy atom. The van der Waals surface area contributed by atoms with Crippen LogP contribution in [0.5, 0.6) is 11.8 Å². The number of hydrogen-bond acceptors (Lipinski definition) is 6. The molecule has 0 unspecified atom stereocenters. The van der Waals surface area contributed by atoms with Crippen molar-refractivity contribution >= 4 is 23.3 Å². The molecule has 0 radical (unpaired) electrons. The number of nitrogens with zero attached hydrogens (tertiary/aromatic N) is 5. The van der Waals surface area contributed by atoms with Crippen LogP contribution < -0.4 is 14.5 Å². The van der Waals surface area contributed by atoms with Crippen LogP contribution >= 0.6 is 0 Å². The Bertz CT molecular complexity index is 995. The first kappa shape index (κ1) is 18.4. The minimum absolute atomic E-state index is 0.238. The quantitative estimate of drug-likeness (QED) is 0.456. The molecule has 0 spiro atoms. The van der Waals surface area contributed by atoms with Gasteiger partial charge in [0.25, 0.3) is 0 Å².